The van der Waals surface area contributed by atoms with Crippen molar-refractivity contribution in [1.82, 2.24) is 9.55 Å². The molecule has 0 fully saturated rings. The predicted molar refractivity (Wildman–Crippen MR) is 95.4 cm³/mol. The topological polar surface area (TPSA) is 52.5 Å². The van der Waals surface area contributed by atoms with Gasteiger partial charge in [-0.3, -0.25) is 0 Å². The molecule has 0 aliphatic rings. The summed E-state index contributed by atoms with van der Waals surface area (Å²) >= 11 is 1.71. The second kappa shape index (κ2) is 5.89. The number of nitrogens with zero attached hydrogens (tertiary/aromatic N) is 2. The molecule has 5 nitrogen and oxygen atoms in total. The summed E-state index contributed by atoms with van der Waals surface area (Å²) in [5.41, 5.74) is 2.49. The zero-order chi connectivity index (χ0) is 16.7. The van der Waals surface area contributed by atoms with Crippen molar-refractivity contribution in [3.05, 3.63) is 64.1 Å². The third kappa shape index (κ3) is 2.53. The molecule has 0 bridgehead atoms. The number of rotatable bonds is 4. The Bertz CT molecular complexity index is 1030. The number of fused-ring (bicyclic) bond motifs is 2. The standard InChI is InChI=1S/C18H17N3O2S/c1-12(17-19-13-7-3-6-10-16(13)24-17)20(2)11-21-14-8-4-5-9-15(14)23-18(21)22/h3-10,12H,11H2,1-2H3/p+1/t12-/m0/s1. The fourth-order valence-electron chi connectivity index (χ4n) is 2.84. The number of hydrogen-bond acceptors (Lipinski definition) is 4. The minimum Gasteiger partial charge on any atom is -0.408 e. The lowest BCUT2D eigenvalue weighted by atomic mass is 10.3. The van der Waals surface area contributed by atoms with E-state index in [1.807, 2.05) is 42.5 Å². The summed E-state index contributed by atoms with van der Waals surface area (Å²) < 4.78 is 8.20. The van der Waals surface area contributed by atoms with Crippen LogP contribution in [0.15, 0.2) is 57.7 Å². The largest absolute Gasteiger partial charge is 0.424 e. The molecule has 122 valence electrons. The molecule has 0 spiro atoms. The molecule has 6 heteroatoms. The van der Waals surface area contributed by atoms with E-state index in [2.05, 4.69) is 20.0 Å². The van der Waals surface area contributed by atoms with Crippen LogP contribution >= 0.6 is 11.3 Å². The van der Waals surface area contributed by atoms with E-state index in [1.165, 1.54) is 9.60 Å². The van der Waals surface area contributed by atoms with Gasteiger partial charge < -0.3 is 9.32 Å². The Labute approximate surface area is 142 Å². The van der Waals surface area contributed by atoms with Gasteiger partial charge in [0.15, 0.2) is 17.3 Å². The summed E-state index contributed by atoms with van der Waals surface area (Å²) in [6, 6.07) is 15.9. The summed E-state index contributed by atoms with van der Waals surface area (Å²) in [4.78, 5) is 18.1. The highest BCUT2D eigenvalue weighted by Crippen LogP contribution is 2.24. The molecule has 1 N–H and O–H groups in total. The molecule has 0 aliphatic heterocycles. The number of nitrogens with one attached hydrogen (secondary N) is 1. The van der Waals surface area contributed by atoms with E-state index in [1.54, 1.807) is 15.9 Å². The Hall–Kier alpha value is -2.44. The van der Waals surface area contributed by atoms with Crippen LogP contribution in [0.5, 0.6) is 0 Å². The number of quaternary nitrogens is 1. The second-order valence-corrected chi connectivity index (χ2v) is 7.07. The molecule has 4 rings (SSSR count). The van der Waals surface area contributed by atoms with Crippen molar-refractivity contribution < 1.29 is 9.32 Å². The summed E-state index contributed by atoms with van der Waals surface area (Å²) in [5.74, 6) is -0.313. The lowest BCUT2D eigenvalue weighted by Gasteiger charge is -2.19. The van der Waals surface area contributed by atoms with Gasteiger partial charge in [0.1, 0.15) is 6.04 Å². The lowest BCUT2D eigenvalue weighted by Crippen LogP contribution is -3.08. The molecule has 2 aromatic heterocycles. The highest BCUT2D eigenvalue weighted by Gasteiger charge is 2.22. The maximum Gasteiger partial charge on any atom is 0.424 e. The van der Waals surface area contributed by atoms with Crippen molar-refractivity contribution in [2.45, 2.75) is 19.6 Å². The van der Waals surface area contributed by atoms with Crippen molar-refractivity contribution in [1.29, 1.82) is 0 Å². The SMILES string of the molecule is C[C@@H](c1nc2ccccc2s1)[NH+](C)Cn1c(=O)oc2ccccc21. The number of benzene rings is 2. The first-order valence-electron chi connectivity index (χ1n) is 7.89. The maximum absolute atomic E-state index is 12.1. The predicted octanol–water partition coefficient (Wildman–Crippen LogP) is 2.44. The average molecular weight is 340 g/mol. The van der Waals surface area contributed by atoms with Crippen molar-refractivity contribution in [2.24, 2.45) is 0 Å². The summed E-state index contributed by atoms with van der Waals surface area (Å²) in [6.07, 6.45) is 0. The van der Waals surface area contributed by atoms with Gasteiger partial charge in [0, 0.05) is 0 Å². The van der Waals surface area contributed by atoms with Crippen LogP contribution < -0.4 is 10.7 Å². The first-order chi connectivity index (χ1) is 11.6. The van der Waals surface area contributed by atoms with E-state index in [0.717, 1.165) is 16.0 Å². The van der Waals surface area contributed by atoms with Crippen LogP contribution in [-0.4, -0.2) is 16.6 Å². The first-order valence-corrected chi connectivity index (χ1v) is 8.71. The number of oxazole rings is 1. The first kappa shape index (κ1) is 15.1. The Kier molecular flexibility index (Phi) is 3.70. The zero-order valence-electron chi connectivity index (χ0n) is 13.5. The quantitative estimate of drug-likeness (QED) is 0.621. The normalized spacial score (nSPS) is 14.2. The molecule has 2 aromatic carbocycles. The average Bonchev–Trinajstić information content (AvgIpc) is 3.15. The third-order valence-corrected chi connectivity index (χ3v) is 5.62. The van der Waals surface area contributed by atoms with Gasteiger partial charge in [-0.05, 0) is 31.2 Å². The Morgan fingerprint density at radius 1 is 1.21 bits per heavy atom. The van der Waals surface area contributed by atoms with Crippen LogP contribution in [-0.2, 0) is 6.67 Å². The highest BCUT2D eigenvalue weighted by molar-refractivity contribution is 7.18. The fraction of sp³-hybridized carbons (Fsp3) is 0.222. The van der Waals surface area contributed by atoms with Crippen molar-refractivity contribution in [3.63, 3.8) is 0 Å². The minimum atomic E-state index is -0.313. The van der Waals surface area contributed by atoms with E-state index in [0.29, 0.717) is 12.3 Å². The van der Waals surface area contributed by atoms with E-state index in [-0.39, 0.29) is 11.8 Å². The summed E-state index contributed by atoms with van der Waals surface area (Å²) in [7, 11) is 2.07. The molecule has 0 radical (unpaired) electrons. The van der Waals surface area contributed by atoms with Crippen molar-refractivity contribution in [2.75, 3.05) is 7.05 Å². The van der Waals surface area contributed by atoms with E-state index in [4.69, 9.17) is 9.40 Å². The molecule has 24 heavy (non-hydrogen) atoms. The Balaban J connectivity index is 1.64. The smallest absolute Gasteiger partial charge is 0.408 e. The lowest BCUT2D eigenvalue weighted by molar-refractivity contribution is -0.932. The van der Waals surface area contributed by atoms with Gasteiger partial charge in [-0.25, -0.2) is 14.3 Å². The zero-order valence-corrected chi connectivity index (χ0v) is 14.3. The molecule has 0 amide bonds. The second-order valence-electron chi connectivity index (χ2n) is 6.01. The number of para-hydroxylation sites is 3. The van der Waals surface area contributed by atoms with Crippen LogP contribution in [0.1, 0.15) is 18.0 Å². The van der Waals surface area contributed by atoms with Crippen LogP contribution in [0.25, 0.3) is 21.3 Å². The van der Waals surface area contributed by atoms with E-state index in [9.17, 15) is 4.79 Å². The Morgan fingerprint density at radius 2 is 1.96 bits per heavy atom. The van der Waals surface area contributed by atoms with Gasteiger partial charge in [-0.15, -0.1) is 11.3 Å². The van der Waals surface area contributed by atoms with Gasteiger partial charge in [-0.2, -0.15) is 0 Å². The summed E-state index contributed by atoms with van der Waals surface area (Å²) in [6.45, 7) is 2.67. The molecule has 0 saturated carbocycles. The highest BCUT2D eigenvalue weighted by atomic mass is 32.1. The number of thiazole rings is 1. The molecule has 0 saturated heterocycles. The fourth-order valence-corrected chi connectivity index (χ4v) is 3.95. The van der Waals surface area contributed by atoms with Gasteiger partial charge in [0.2, 0.25) is 0 Å². The maximum atomic E-state index is 12.1. The molecule has 2 heterocycles. The minimum absolute atomic E-state index is 0.183. The van der Waals surface area contributed by atoms with E-state index >= 15 is 0 Å². The third-order valence-electron chi connectivity index (χ3n) is 4.40. The molecule has 1 unspecified atom stereocenters. The van der Waals surface area contributed by atoms with Crippen LogP contribution in [0, 0.1) is 0 Å². The number of aromatic nitrogens is 2. The van der Waals surface area contributed by atoms with Crippen LogP contribution in [0.2, 0.25) is 0 Å². The van der Waals surface area contributed by atoms with Gasteiger partial charge in [0.25, 0.3) is 0 Å². The van der Waals surface area contributed by atoms with E-state index < -0.39 is 0 Å². The molecular weight excluding hydrogens is 322 g/mol. The summed E-state index contributed by atoms with van der Waals surface area (Å²) in [5, 5.41) is 1.08. The Morgan fingerprint density at radius 3 is 2.79 bits per heavy atom. The van der Waals surface area contributed by atoms with Crippen molar-refractivity contribution in [3.8, 4) is 0 Å². The molecule has 2 atom stereocenters. The monoisotopic (exact) mass is 340 g/mol. The molecular formula is C18H18N3O2S+. The van der Waals surface area contributed by atoms with Gasteiger partial charge in [0.05, 0.1) is 22.8 Å². The number of hydrogen-bond donors (Lipinski definition) is 1. The van der Waals surface area contributed by atoms with Gasteiger partial charge >= 0.3 is 5.76 Å². The van der Waals surface area contributed by atoms with Crippen LogP contribution in [0.4, 0.5) is 0 Å². The molecule has 4 aromatic rings. The van der Waals surface area contributed by atoms with Gasteiger partial charge in [-0.1, -0.05) is 24.3 Å². The van der Waals surface area contributed by atoms with Crippen molar-refractivity contribution >= 4 is 32.7 Å². The van der Waals surface area contributed by atoms with Crippen LogP contribution in [0.3, 0.4) is 0 Å². The molecule has 0 aliphatic carbocycles.